The van der Waals surface area contributed by atoms with E-state index in [-0.39, 0.29) is 6.61 Å². The molecular formula is C12H17NO3. The Morgan fingerprint density at radius 3 is 2.81 bits per heavy atom. The standard InChI is InChI=1S/C12H17NO3/c1-3-15-6-7-16-12(14)10-8-9(2)4-5-11(10)13/h4-5,8H,3,6-7,13H2,1-2H3. The van der Waals surface area contributed by atoms with E-state index in [1.54, 1.807) is 12.1 Å². The maximum atomic E-state index is 11.6. The van der Waals surface area contributed by atoms with Crippen LogP contribution in [0.3, 0.4) is 0 Å². The van der Waals surface area contributed by atoms with E-state index in [4.69, 9.17) is 15.2 Å². The molecule has 0 bridgehead atoms. The zero-order valence-electron chi connectivity index (χ0n) is 9.66. The van der Waals surface area contributed by atoms with Gasteiger partial charge in [-0.15, -0.1) is 0 Å². The fourth-order valence-corrected chi connectivity index (χ4v) is 1.26. The molecule has 0 amide bonds. The van der Waals surface area contributed by atoms with Gasteiger partial charge in [0.25, 0.3) is 0 Å². The van der Waals surface area contributed by atoms with Crippen molar-refractivity contribution in [2.45, 2.75) is 13.8 Å². The molecule has 2 N–H and O–H groups in total. The number of hydrogen-bond donors (Lipinski definition) is 1. The first kappa shape index (κ1) is 12.5. The number of ether oxygens (including phenoxy) is 2. The Bertz CT molecular complexity index is 363. The fraction of sp³-hybridized carbons (Fsp3) is 0.417. The fourth-order valence-electron chi connectivity index (χ4n) is 1.26. The first-order valence-corrected chi connectivity index (χ1v) is 5.26. The second kappa shape index (κ2) is 6.12. The van der Waals surface area contributed by atoms with Gasteiger partial charge in [0, 0.05) is 12.3 Å². The number of rotatable bonds is 5. The number of esters is 1. The van der Waals surface area contributed by atoms with Crippen LogP contribution in [0.4, 0.5) is 5.69 Å². The Hall–Kier alpha value is -1.55. The van der Waals surface area contributed by atoms with Crippen LogP contribution in [0.25, 0.3) is 0 Å². The smallest absolute Gasteiger partial charge is 0.340 e. The van der Waals surface area contributed by atoms with Crippen LogP contribution in [0.5, 0.6) is 0 Å². The van der Waals surface area contributed by atoms with Gasteiger partial charge in [-0.1, -0.05) is 11.6 Å². The van der Waals surface area contributed by atoms with Gasteiger partial charge >= 0.3 is 5.97 Å². The van der Waals surface area contributed by atoms with Gasteiger partial charge in [-0.2, -0.15) is 0 Å². The van der Waals surface area contributed by atoms with E-state index in [0.717, 1.165) is 5.56 Å². The van der Waals surface area contributed by atoms with Crippen LogP contribution in [0, 0.1) is 6.92 Å². The molecule has 4 heteroatoms. The molecule has 0 aliphatic carbocycles. The quantitative estimate of drug-likeness (QED) is 0.469. The van der Waals surface area contributed by atoms with Crippen molar-refractivity contribution >= 4 is 11.7 Å². The van der Waals surface area contributed by atoms with Crippen LogP contribution in [-0.2, 0) is 9.47 Å². The molecule has 0 saturated carbocycles. The van der Waals surface area contributed by atoms with Gasteiger partial charge in [0.2, 0.25) is 0 Å². The van der Waals surface area contributed by atoms with Crippen molar-refractivity contribution in [3.63, 3.8) is 0 Å². The predicted octanol–water partition coefficient (Wildman–Crippen LogP) is 1.77. The van der Waals surface area contributed by atoms with Crippen LogP contribution in [0.15, 0.2) is 18.2 Å². The van der Waals surface area contributed by atoms with Crippen LogP contribution >= 0.6 is 0 Å². The number of anilines is 1. The summed E-state index contributed by atoms with van der Waals surface area (Å²) in [6.45, 7) is 5.06. The Morgan fingerprint density at radius 2 is 2.12 bits per heavy atom. The lowest BCUT2D eigenvalue weighted by molar-refractivity contribution is 0.0336. The summed E-state index contributed by atoms with van der Waals surface area (Å²) >= 11 is 0. The highest BCUT2D eigenvalue weighted by Crippen LogP contribution is 2.14. The Morgan fingerprint density at radius 1 is 1.38 bits per heavy atom. The molecule has 1 aromatic carbocycles. The molecule has 0 atom stereocenters. The van der Waals surface area contributed by atoms with Gasteiger partial charge in [-0.25, -0.2) is 4.79 Å². The summed E-state index contributed by atoms with van der Waals surface area (Å²) < 4.78 is 10.1. The molecule has 0 aromatic heterocycles. The number of nitrogens with two attached hydrogens (primary N) is 1. The molecule has 0 aliphatic rings. The molecule has 16 heavy (non-hydrogen) atoms. The lowest BCUT2D eigenvalue weighted by atomic mass is 10.1. The summed E-state index contributed by atoms with van der Waals surface area (Å²) in [4.78, 5) is 11.6. The van der Waals surface area contributed by atoms with E-state index in [0.29, 0.717) is 24.5 Å². The number of carbonyl (C=O) groups is 1. The van der Waals surface area contributed by atoms with Crippen molar-refractivity contribution in [2.24, 2.45) is 0 Å². The molecule has 0 unspecified atom stereocenters. The van der Waals surface area contributed by atoms with E-state index in [1.165, 1.54) is 0 Å². The number of hydrogen-bond acceptors (Lipinski definition) is 4. The number of carbonyl (C=O) groups excluding carboxylic acids is 1. The van der Waals surface area contributed by atoms with Gasteiger partial charge in [0.15, 0.2) is 0 Å². The highest BCUT2D eigenvalue weighted by Gasteiger charge is 2.10. The van der Waals surface area contributed by atoms with E-state index in [2.05, 4.69) is 0 Å². The first-order chi connectivity index (χ1) is 7.65. The highest BCUT2D eigenvalue weighted by molar-refractivity contribution is 5.95. The number of nitrogen functional groups attached to an aromatic ring is 1. The minimum atomic E-state index is -0.402. The Labute approximate surface area is 95.3 Å². The van der Waals surface area contributed by atoms with Crippen molar-refractivity contribution in [2.75, 3.05) is 25.6 Å². The number of aryl methyl sites for hydroxylation is 1. The van der Waals surface area contributed by atoms with Gasteiger partial charge in [-0.3, -0.25) is 0 Å². The monoisotopic (exact) mass is 223 g/mol. The molecule has 4 nitrogen and oxygen atoms in total. The first-order valence-electron chi connectivity index (χ1n) is 5.26. The topological polar surface area (TPSA) is 61.5 Å². The summed E-state index contributed by atoms with van der Waals surface area (Å²) in [6, 6.07) is 5.28. The molecule has 0 heterocycles. The van der Waals surface area contributed by atoms with Gasteiger partial charge in [0.05, 0.1) is 12.2 Å². The molecule has 0 radical (unpaired) electrons. The molecule has 0 fully saturated rings. The normalized spacial score (nSPS) is 10.1. The summed E-state index contributed by atoms with van der Waals surface area (Å²) in [5.74, 6) is -0.402. The third-order valence-electron chi connectivity index (χ3n) is 2.09. The molecule has 1 aromatic rings. The van der Waals surface area contributed by atoms with Crippen LogP contribution in [0.2, 0.25) is 0 Å². The molecule has 88 valence electrons. The lowest BCUT2D eigenvalue weighted by Gasteiger charge is -2.07. The largest absolute Gasteiger partial charge is 0.460 e. The van der Waals surface area contributed by atoms with E-state index in [1.807, 2.05) is 19.9 Å². The molecule has 0 spiro atoms. The van der Waals surface area contributed by atoms with Crippen molar-refractivity contribution in [3.8, 4) is 0 Å². The van der Waals surface area contributed by atoms with E-state index < -0.39 is 5.97 Å². The van der Waals surface area contributed by atoms with Crippen LogP contribution in [0.1, 0.15) is 22.8 Å². The third-order valence-corrected chi connectivity index (χ3v) is 2.09. The molecule has 1 rings (SSSR count). The van der Waals surface area contributed by atoms with Crippen molar-refractivity contribution in [3.05, 3.63) is 29.3 Å². The van der Waals surface area contributed by atoms with Crippen molar-refractivity contribution in [1.82, 2.24) is 0 Å². The number of benzene rings is 1. The Balaban J connectivity index is 2.55. The third kappa shape index (κ3) is 3.55. The summed E-state index contributed by atoms with van der Waals surface area (Å²) in [5, 5.41) is 0. The average molecular weight is 223 g/mol. The zero-order chi connectivity index (χ0) is 12.0. The predicted molar refractivity (Wildman–Crippen MR) is 62.4 cm³/mol. The summed E-state index contributed by atoms with van der Waals surface area (Å²) in [5.41, 5.74) is 7.52. The minimum absolute atomic E-state index is 0.250. The maximum absolute atomic E-state index is 11.6. The zero-order valence-corrected chi connectivity index (χ0v) is 9.66. The highest BCUT2D eigenvalue weighted by atomic mass is 16.6. The van der Waals surface area contributed by atoms with Gasteiger partial charge in [-0.05, 0) is 26.0 Å². The maximum Gasteiger partial charge on any atom is 0.340 e. The Kier molecular flexibility index (Phi) is 4.79. The van der Waals surface area contributed by atoms with Gasteiger partial charge in [0.1, 0.15) is 6.61 Å². The molecule has 0 aliphatic heterocycles. The second-order valence-corrected chi connectivity index (χ2v) is 3.42. The van der Waals surface area contributed by atoms with Crippen molar-refractivity contribution < 1.29 is 14.3 Å². The van der Waals surface area contributed by atoms with Crippen molar-refractivity contribution in [1.29, 1.82) is 0 Å². The molecule has 0 saturated heterocycles. The van der Waals surface area contributed by atoms with E-state index >= 15 is 0 Å². The van der Waals surface area contributed by atoms with Crippen LogP contribution < -0.4 is 5.73 Å². The van der Waals surface area contributed by atoms with Gasteiger partial charge < -0.3 is 15.2 Å². The van der Waals surface area contributed by atoms with Crippen LogP contribution in [-0.4, -0.2) is 25.8 Å². The minimum Gasteiger partial charge on any atom is -0.460 e. The van der Waals surface area contributed by atoms with E-state index in [9.17, 15) is 4.79 Å². The molecular weight excluding hydrogens is 206 g/mol. The SMILES string of the molecule is CCOCCOC(=O)c1cc(C)ccc1N. The summed E-state index contributed by atoms with van der Waals surface area (Å²) in [6.07, 6.45) is 0. The second-order valence-electron chi connectivity index (χ2n) is 3.42. The average Bonchev–Trinajstić information content (AvgIpc) is 2.27. The summed E-state index contributed by atoms with van der Waals surface area (Å²) in [7, 11) is 0. The lowest BCUT2D eigenvalue weighted by Crippen LogP contribution is -2.12.